The Morgan fingerprint density at radius 3 is 1.95 bits per heavy atom. The molecule has 1 unspecified atom stereocenters. The highest BCUT2D eigenvalue weighted by Crippen LogP contribution is 2.13. The van der Waals surface area contributed by atoms with Crippen molar-refractivity contribution < 1.29 is 19.4 Å². The van der Waals surface area contributed by atoms with E-state index >= 15 is 0 Å². The third kappa shape index (κ3) is 17.0. The van der Waals surface area contributed by atoms with Crippen molar-refractivity contribution in [2.75, 3.05) is 6.61 Å². The van der Waals surface area contributed by atoms with Gasteiger partial charge in [0.05, 0.1) is 12.5 Å². The molecule has 4 heteroatoms. The maximum atomic E-state index is 10.8. The number of carboxylic acid groups (broad SMARTS) is 1. The second-order valence-corrected chi connectivity index (χ2v) is 5.55. The van der Waals surface area contributed by atoms with Gasteiger partial charge in [-0.15, -0.1) is 0 Å². The van der Waals surface area contributed by atoms with E-state index in [1.165, 1.54) is 12.8 Å². The van der Waals surface area contributed by atoms with Gasteiger partial charge >= 0.3 is 11.9 Å². The summed E-state index contributed by atoms with van der Waals surface area (Å²) >= 11 is 0. The lowest BCUT2D eigenvalue weighted by molar-refractivity contribution is -0.143. The minimum Gasteiger partial charge on any atom is -0.481 e. The molecule has 0 saturated carbocycles. The lowest BCUT2D eigenvalue weighted by Crippen LogP contribution is -2.12. The summed E-state index contributed by atoms with van der Waals surface area (Å²) in [6.07, 6.45) is 10.1. The Hall–Kier alpha value is -1.06. The molecule has 0 aliphatic heterocycles. The van der Waals surface area contributed by atoms with Gasteiger partial charge in [0.1, 0.15) is 0 Å². The van der Waals surface area contributed by atoms with Crippen LogP contribution in [0.1, 0.15) is 91.9 Å². The maximum absolute atomic E-state index is 10.8. The number of carboxylic acids is 1. The predicted molar refractivity (Wildman–Crippen MR) is 91.0 cm³/mol. The van der Waals surface area contributed by atoms with Crippen molar-refractivity contribution >= 4 is 11.9 Å². The van der Waals surface area contributed by atoms with E-state index in [4.69, 9.17) is 9.84 Å². The average molecular weight is 316 g/mol. The van der Waals surface area contributed by atoms with Gasteiger partial charge in [0.25, 0.3) is 0 Å². The summed E-state index contributed by atoms with van der Waals surface area (Å²) in [6.45, 7) is 8.56. The number of rotatable bonds is 12. The van der Waals surface area contributed by atoms with Crippen LogP contribution in [0.4, 0.5) is 0 Å². The van der Waals surface area contributed by atoms with Crippen molar-refractivity contribution in [1.29, 1.82) is 0 Å². The van der Waals surface area contributed by atoms with E-state index in [-0.39, 0.29) is 11.9 Å². The zero-order chi connectivity index (χ0) is 17.2. The Bertz CT molecular complexity index is 262. The van der Waals surface area contributed by atoms with E-state index in [0.29, 0.717) is 13.0 Å². The number of hydrogen-bond donors (Lipinski definition) is 1. The molecule has 0 spiro atoms. The first-order valence-corrected chi connectivity index (χ1v) is 8.91. The minimum absolute atomic E-state index is 0.0522. The molecule has 0 aliphatic rings. The van der Waals surface area contributed by atoms with Crippen LogP contribution in [0.25, 0.3) is 0 Å². The van der Waals surface area contributed by atoms with Gasteiger partial charge in [-0.25, -0.2) is 0 Å². The predicted octanol–water partition coefficient (Wildman–Crippen LogP) is 5.20. The zero-order valence-corrected chi connectivity index (χ0v) is 15.0. The minimum atomic E-state index is -0.636. The lowest BCUT2D eigenvalue weighted by Gasteiger charge is -2.07. The van der Waals surface area contributed by atoms with Crippen molar-refractivity contribution in [3.05, 3.63) is 0 Å². The average Bonchev–Trinajstić information content (AvgIpc) is 2.49. The smallest absolute Gasteiger partial charge is 0.306 e. The fraction of sp³-hybridized carbons (Fsp3) is 0.889. The van der Waals surface area contributed by atoms with Gasteiger partial charge < -0.3 is 9.84 Å². The quantitative estimate of drug-likeness (QED) is 0.397. The highest BCUT2D eigenvalue weighted by molar-refractivity contribution is 5.69. The summed E-state index contributed by atoms with van der Waals surface area (Å²) < 4.78 is 4.78. The van der Waals surface area contributed by atoms with Crippen LogP contribution in [0.2, 0.25) is 0 Å². The molecule has 0 radical (unpaired) electrons. The summed E-state index contributed by atoms with van der Waals surface area (Å²) in [5.41, 5.74) is 0. The fourth-order valence-electron chi connectivity index (χ4n) is 2.07. The summed E-state index contributed by atoms with van der Waals surface area (Å²) in [4.78, 5) is 21.3. The molecule has 0 aliphatic carbocycles. The van der Waals surface area contributed by atoms with Gasteiger partial charge in [-0.2, -0.15) is 0 Å². The molecule has 0 bridgehead atoms. The Morgan fingerprint density at radius 2 is 1.50 bits per heavy atom. The van der Waals surface area contributed by atoms with Gasteiger partial charge in [0, 0.05) is 6.42 Å². The Balaban J connectivity index is 0. The fourth-order valence-corrected chi connectivity index (χ4v) is 2.07. The summed E-state index contributed by atoms with van der Waals surface area (Å²) in [5, 5.41) is 8.67. The zero-order valence-electron chi connectivity index (χ0n) is 15.0. The Labute approximate surface area is 136 Å². The third-order valence-electron chi connectivity index (χ3n) is 3.54. The molecule has 0 heterocycles. The van der Waals surface area contributed by atoms with Gasteiger partial charge in [-0.1, -0.05) is 59.3 Å². The maximum Gasteiger partial charge on any atom is 0.306 e. The van der Waals surface area contributed by atoms with Crippen molar-refractivity contribution in [3.8, 4) is 0 Å². The molecular weight excluding hydrogens is 280 g/mol. The second kappa shape index (κ2) is 18.0. The largest absolute Gasteiger partial charge is 0.481 e. The Kier molecular flexibility index (Phi) is 19.0. The molecule has 0 fully saturated rings. The number of esters is 1. The number of unbranched alkanes of at least 4 members (excludes halogenated alkanes) is 5. The first kappa shape index (κ1) is 23.2. The monoisotopic (exact) mass is 316 g/mol. The second-order valence-electron chi connectivity index (χ2n) is 5.55. The molecule has 1 N–H and O–H groups in total. The van der Waals surface area contributed by atoms with Crippen LogP contribution < -0.4 is 0 Å². The van der Waals surface area contributed by atoms with Crippen molar-refractivity contribution in [2.45, 2.75) is 91.9 Å². The van der Waals surface area contributed by atoms with Gasteiger partial charge in [-0.05, 0) is 26.2 Å². The molecular formula is C18H36O4. The van der Waals surface area contributed by atoms with E-state index in [9.17, 15) is 9.59 Å². The molecule has 0 aromatic rings. The molecule has 1 atom stereocenters. The van der Waals surface area contributed by atoms with Crippen LogP contribution in [0.3, 0.4) is 0 Å². The van der Waals surface area contributed by atoms with E-state index in [1.54, 1.807) is 0 Å². The van der Waals surface area contributed by atoms with Crippen molar-refractivity contribution in [1.82, 2.24) is 0 Å². The lowest BCUT2D eigenvalue weighted by atomic mass is 9.99. The first-order chi connectivity index (χ1) is 10.5. The molecule has 132 valence electrons. The summed E-state index contributed by atoms with van der Waals surface area (Å²) in [6, 6.07) is 0. The van der Waals surface area contributed by atoms with E-state index in [2.05, 4.69) is 13.8 Å². The third-order valence-corrected chi connectivity index (χ3v) is 3.54. The van der Waals surface area contributed by atoms with Crippen LogP contribution in [0.15, 0.2) is 0 Å². The van der Waals surface area contributed by atoms with Gasteiger partial charge in [-0.3, -0.25) is 9.59 Å². The summed E-state index contributed by atoms with van der Waals surface area (Å²) in [5.74, 6) is -0.797. The molecule has 0 rings (SSSR count). The first-order valence-electron chi connectivity index (χ1n) is 8.91. The molecule has 0 aromatic heterocycles. The topological polar surface area (TPSA) is 63.6 Å². The number of ether oxygens (including phenoxy) is 1. The van der Waals surface area contributed by atoms with Gasteiger partial charge in [0.15, 0.2) is 0 Å². The van der Waals surface area contributed by atoms with Crippen molar-refractivity contribution in [3.63, 3.8) is 0 Å². The van der Waals surface area contributed by atoms with Crippen LogP contribution in [-0.2, 0) is 14.3 Å². The van der Waals surface area contributed by atoms with Crippen molar-refractivity contribution in [2.24, 2.45) is 5.92 Å². The number of carbonyl (C=O) groups is 2. The highest BCUT2D eigenvalue weighted by atomic mass is 16.5. The van der Waals surface area contributed by atoms with Crippen LogP contribution >= 0.6 is 0 Å². The van der Waals surface area contributed by atoms with Gasteiger partial charge in [0.2, 0.25) is 0 Å². The van der Waals surface area contributed by atoms with E-state index in [0.717, 1.165) is 44.9 Å². The summed E-state index contributed by atoms with van der Waals surface area (Å²) in [7, 11) is 0. The molecule has 0 aromatic carbocycles. The normalized spacial score (nSPS) is 11.3. The number of carbonyl (C=O) groups excluding carboxylic acids is 1. The molecule has 0 amide bonds. The van der Waals surface area contributed by atoms with Crippen LogP contribution in [0.5, 0.6) is 0 Å². The molecule has 22 heavy (non-hydrogen) atoms. The number of aliphatic carboxylic acids is 1. The SMILES string of the molecule is CCCCCC(CC)C(=O)O.CCCCCCC(=O)OCC. The van der Waals surface area contributed by atoms with E-state index in [1.807, 2.05) is 13.8 Å². The van der Waals surface area contributed by atoms with Crippen LogP contribution in [0, 0.1) is 5.92 Å². The Morgan fingerprint density at radius 1 is 0.909 bits per heavy atom. The van der Waals surface area contributed by atoms with E-state index < -0.39 is 5.97 Å². The molecule has 0 saturated heterocycles. The highest BCUT2D eigenvalue weighted by Gasteiger charge is 2.13. The molecule has 4 nitrogen and oxygen atoms in total. The number of hydrogen-bond acceptors (Lipinski definition) is 3. The standard InChI is InChI=1S/2C9H18O2/c1-3-5-6-7-8-9(10)11-4-2;1-3-5-6-7-8(4-2)9(10)11/h3-8H2,1-2H3;8H,3-7H2,1-2H3,(H,10,11). The van der Waals surface area contributed by atoms with Crippen LogP contribution in [-0.4, -0.2) is 23.7 Å².